The Hall–Kier alpha value is -1.10. The van der Waals surface area contributed by atoms with Gasteiger partial charge in [0.15, 0.2) is 5.78 Å². The van der Waals surface area contributed by atoms with E-state index in [0.29, 0.717) is 0 Å². The maximum Gasteiger partial charge on any atom is 0.150 e. The van der Waals surface area contributed by atoms with E-state index >= 15 is 0 Å². The van der Waals surface area contributed by atoms with Crippen molar-refractivity contribution in [2.45, 2.75) is 6.92 Å². The molecule has 0 heterocycles. The Morgan fingerprint density at radius 1 is 2.00 bits per heavy atom. The smallest absolute Gasteiger partial charge is 0.150 e. The molecule has 0 rings (SSSR count). The van der Waals surface area contributed by atoms with Crippen LogP contribution in [0.1, 0.15) is 6.92 Å². The number of hydrogen-bond acceptors (Lipinski definition) is 2. The molecule has 8 heavy (non-hydrogen) atoms. The van der Waals surface area contributed by atoms with E-state index in [1.165, 1.54) is 13.0 Å². The lowest BCUT2D eigenvalue weighted by atomic mass is 10.1. The molecule has 2 nitrogen and oxygen atoms in total. The number of rotatable bonds is 2. The van der Waals surface area contributed by atoms with Crippen LogP contribution in [0, 0.1) is 17.2 Å². The lowest BCUT2D eigenvalue weighted by Crippen LogP contribution is -2.03. The van der Waals surface area contributed by atoms with E-state index in [2.05, 4.69) is 6.58 Å². The third-order valence-electron chi connectivity index (χ3n) is 0.813. The maximum absolute atomic E-state index is 10.3. The predicted molar refractivity (Wildman–Crippen MR) is 30.0 cm³/mol. The first kappa shape index (κ1) is 6.90. The van der Waals surface area contributed by atoms with Gasteiger partial charge in [0.05, 0.1) is 6.07 Å². The van der Waals surface area contributed by atoms with Gasteiger partial charge in [0, 0.05) is 0 Å². The van der Waals surface area contributed by atoms with Crippen LogP contribution in [0.5, 0.6) is 0 Å². The molecule has 0 N–H and O–H groups in total. The van der Waals surface area contributed by atoms with Crippen molar-refractivity contribution in [3.63, 3.8) is 0 Å². The van der Waals surface area contributed by atoms with Crippen molar-refractivity contribution in [3.05, 3.63) is 12.7 Å². The van der Waals surface area contributed by atoms with E-state index in [9.17, 15) is 4.79 Å². The lowest BCUT2D eigenvalue weighted by molar-refractivity contribution is -0.118. The third-order valence-corrected chi connectivity index (χ3v) is 0.813. The second kappa shape index (κ2) is 2.98. The highest BCUT2D eigenvalue weighted by Crippen LogP contribution is 1.94. The van der Waals surface area contributed by atoms with Gasteiger partial charge >= 0.3 is 0 Å². The number of carbonyl (C=O) groups excluding carboxylic acids is 1. The summed E-state index contributed by atoms with van der Waals surface area (Å²) >= 11 is 0. The molecule has 0 aliphatic heterocycles. The van der Waals surface area contributed by atoms with Crippen LogP contribution < -0.4 is 0 Å². The molecule has 0 aliphatic rings. The van der Waals surface area contributed by atoms with Crippen molar-refractivity contribution in [1.82, 2.24) is 0 Å². The molecular formula is C6H7NO. The molecule has 1 unspecified atom stereocenters. The third kappa shape index (κ3) is 1.57. The number of Topliss-reactive ketones (excluding diaryl/α,β-unsaturated/α-hetero) is 1. The largest absolute Gasteiger partial charge is 0.298 e. The highest BCUT2D eigenvalue weighted by Gasteiger charge is 2.05. The van der Waals surface area contributed by atoms with Gasteiger partial charge in [0.2, 0.25) is 0 Å². The summed E-state index contributed by atoms with van der Waals surface area (Å²) in [6.07, 6.45) is 1.34. The first-order chi connectivity index (χ1) is 3.72. The summed E-state index contributed by atoms with van der Waals surface area (Å²) in [6, 6.07) is 1.78. The van der Waals surface area contributed by atoms with Gasteiger partial charge in [0.1, 0.15) is 5.92 Å². The standard InChI is InChI=1S/C6H7NO/c1-3-6(4-7)5(2)8/h3,6H,1H2,2H3. The Labute approximate surface area is 48.4 Å². The molecule has 0 aromatic carbocycles. The van der Waals surface area contributed by atoms with Gasteiger partial charge in [-0.2, -0.15) is 5.26 Å². The zero-order valence-corrected chi connectivity index (χ0v) is 4.72. The Kier molecular flexibility index (Phi) is 2.57. The van der Waals surface area contributed by atoms with Crippen molar-refractivity contribution in [1.29, 1.82) is 5.26 Å². The molecule has 0 saturated heterocycles. The molecule has 0 aliphatic carbocycles. The zero-order valence-electron chi connectivity index (χ0n) is 4.72. The number of hydrogen-bond donors (Lipinski definition) is 0. The van der Waals surface area contributed by atoms with Gasteiger partial charge in [-0.1, -0.05) is 6.08 Å². The second-order valence-corrected chi connectivity index (χ2v) is 1.45. The summed E-state index contributed by atoms with van der Waals surface area (Å²) in [5.41, 5.74) is 0. The molecule has 0 saturated carbocycles. The van der Waals surface area contributed by atoms with E-state index in [0.717, 1.165) is 0 Å². The van der Waals surface area contributed by atoms with Crippen LogP contribution in [0.15, 0.2) is 12.7 Å². The lowest BCUT2D eigenvalue weighted by Gasteiger charge is -1.90. The maximum atomic E-state index is 10.3. The number of nitriles is 1. The Balaban J connectivity index is 3.95. The van der Waals surface area contributed by atoms with E-state index in [1.807, 2.05) is 0 Å². The molecule has 0 aromatic rings. The van der Waals surface area contributed by atoms with Gasteiger partial charge < -0.3 is 0 Å². The van der Waals surface area contributed by atoms with Gasteiger partial charge in [-0.25, -0.2) is 0 Å². The monoisotopic (exact) mass is 109 g/mol. The highest BCUT2D eigenvalue weighted by molar-refractivity contribution is 5.82. The Bertz CT molecular complexity index is 143. The fourth-order valence-corrected chi connectivity index (χ4v) is 0.310. The molecular weight excluding hydrogens is 102 g/mol. The van der Waals surface area contributed by atoms with Gasteiger partial charge in [-0.15, -0.1) is 6.58 Å². The first-order valence-electron chi connectivity index (χ1n) is 2.25. The molecule has 0 radical (unpaired) electrons. The van der Waals surface area contributed by atoms with E-state index in [-0.39, 0.29) is 5.78 Å². The Morgan fingerprint density at radius 2 is 2.50 bits per heavy atom. The Morgan fingerprint density at radius 3 is 2.50 bits per heavy atom. The van der Waals surface area contributed by atoms with Crippen LogP contribution in [0.3, 0.4) is 0 Å². The second-order valence-electron chi connectivity index (χ2n) is 1.45. The summed E-state index contributed by atoms with van der Waals surface area (Å²) in [5.74, 6) is -0.766. The van der Waals surface area contributed by atoms with Crippen LogP contribution in [-0.4, -0.2) is 5.78 Å². The minimum atomic E-state index is -0.616. The van der Waals surface area contributed by atoms with Crippen molar-refractivity contribution in [2.75, 3.05) is 0 Å². The van der Waals surface area contributed by atoms with Crippen molar-refractivity contribution in [3.8, 4) is 6.07 Å². The van der Waals surface area contributed by atoms with Crippen LogP contribution in [0.25, 0.3) is 0 Å². The molecule has 0 spiro atoms. The normalized spacial score (nSPS) is 11.5. The fourth-order valence-electron chi connectivity index (χ4n) is 0.310. The predicted octanol–water partition coefficient (Wildman–Crippen LogP) is 0.901. The highest BCUT2D eigenvalue weighted by atomic mass is 16.1. The number of ketones is 1. The minimum absolute atomic E-state index is 0.150. The molecule has 1 atom stereocenters. The van der Waals surface area contributed by atoms with E-state index < -0.39 is 5.92 Å². The summed E-state index contributed by atoms with van der Waals surface area (Å²) < 4.78 is 0. The summed E-state index contributed by atoms with van der Waals surface area (Å²) in [6.45, 7) is 4.68. The van der Waals surface area contributed by atoms with Crippen molar-refractivity contribution >= 4 is 5.78 Å². The number of nitrogens with zero attached hydrogens (tertiary/aromatic N) is 1. The van der Waals surface area contributed by atoms with Gasteiger partial charge in [-0.3, -0.25) is 4.79 Å². The molecule has 0 aromatic heterocycles. The van der Waals surface area contributed by atoms with Gasteiger partial charge in [-0.05, 0) is 6.92 Å². The van der Waals surface area contributed by atoms with Crippen LogP contribution >= 0.6 is 0 Å². The SMILES string of the molecule is C=CC(C#N)C(C)=O. The van der Waals surface area contributed by atoms with Crippen molar-refractivity contribution in [2.24, 2.45) is 5.92 Å². The van der Waals surface area contributed by atoms with E-state index in [1.54, 1.807) is 6.07 Å². The summed E-state index contributed by atoms with van der Waals surface area (Å²) in [5, 5.41) is 8.15. The van der Waals surface area contributed by atoms with Crippen LogP contribution in [0.4, 0.5) is 0 Å². The van der Waals surface area contributed by atoms with Gasteiger partial charge in [0.25, 0.3) is 0 Å². The topological polar surface area (TPSA) is 40.9 Å². The molecule has 2 heteroatoms. The number of allylic oxidation sites excluding steroid dienone is 1. The molecule has 42 valence electrons. The van der Waals surface area contributed by atoms with Crippen molar-refractivity contribution < 1.29 is 4.79 Å². The average Bonchev–Trinajstić information content (AvgIpc) is 1.69. The fraction of sp³-hybridized carbons (Fsp3) is 0.333. The average molecular weight is 109 g/mol. The summed E-state index contributed by atoms with van der Waals surface area (Å²) in [4.78, 5) is 10.3. The quantitative estimate of drug-likeness (QED) is 0.494. The molecule has 0 amide bonds. The molecule has 0 fully saturated rings. The van der Waals surface area contributed by atoms with Crippen LogP contribution in [-0.2, 0) is 4.79 Å². The zero-order chi connectivity index (χ0) is 6.57. The van der Waals surface area contributed by atoms with E-state index in [4.69, 9.17) is 5.26 Å². The van der Waals surface area contributed by atoms with Crippen LogP contribution in [0.2, 0.25) is 0 Å². The first-order valence-corrected chi connectivity index (χ1v) is 2.25. The summed E-state index contributed by atoms with van der Waals surface area (Å²) in [7, 11) is 0. The number of carbonyl (C=O) groups is 1. The minimum Gasteiger partial charge on any atom is -0.298 e. The molecule has 0 bridgehead atoms.